The first-order valence-electron chi connectivity index (χ1n) is 11.5. The van der Waals surface area contributed by atoms with Crippen LogP contribution in [0.2, 0.25) is 0 Å². The van der Waals surface area contributed by atoms with Crippen molar-refractivity contribution in [2.75, 3.05) is 13.1 Å². The highest BCUT2D eigenvalue weighted by Crippen LogP contribution is 2.41. The van der Waals surface area contributed by atoms with Gasteiger partial charge >= 0.3 is 6.18 Å². The molecule has 184 valence electrons. The van der Waals surface area contributed by atoms with E-state index in [1.807, 2.05) is 38.1 Å². The molecule has 3 aromatic heterocycles. The molecule has 0 radical (unpaired) electrons. The Morgan fingerprint density at radius 3 is 2.57 bits per heavy atom. The first kappa shape index (κ1) is 23.5. The van der Waals surface area contributed by atoms with Crippen molar-refractivity contribution >= 4 is 16.6 Å². The molecule has 0 amide bonds. The van der Waals surface area contributed by atoms with Crippen LogP contribution in [0.1, 0.15) is 38.8 Å². The predicted molar refractivity (Wildman–Crippen MR) is 127 cm³/mol. The van der Waals surface area contributed by atoms with E-state index >= 15 is 0 Å². The fourth-order valence-electron chi connectivity index (χ4n) is 4.69. The van der Waals surface area contributed by atoms with Crippen molar-refractivity contribution < 1.29 is 17.9 Å². The average Bonchev–Trinajstić information content (AvgIpc) is 3.35. The van der Waals surface area contributed by atoms with Gasteiger partial charge in [-0.3, -0.25) is 9.30 Å². The lowest BCUT2D eigenvalue weighted by molar-refractivity contribution is -0.184. The van der Waals surface area contributed by atoms with E-state index < -0.39 is 17.8 Å². The molecule has 0 bridgehead atoms. The highest BCUT2D eigenvalue weighted by atomic mass is 19.4. The van der Waals surface area contributed by atoms with Gasteiger partial charge in [-0.15, -0.1) is 10.2 Å². The second-order valence-corrected chi connectivity index (χ2v) is 9.72. The van der Waals surface area contributed by atoms with Crippen LogP contribution in [-0.4, -0.2) is 55.4 Å². The second-order valence-electron chi connectivity index (χ2n) is 9.72. The predicted octanol–water partition coefficient (Wildman–Crippen LogP) is 4.76. The minimum atomic E-state index is -4.47. The number of ether oxygens (including phenoxy) is 1. The Kier molecular flexibility index (Phi) is 5.68. The molecule has 1 aliphatic rings. The zero-order valence-electron chi connectivity index (χ0n) is 19.8. The number of alkyl halides is 3. The standard InChI is InChI=1S/C25H27F3N6O/c1-15(2)35-19-6-4-5-16-7-9-18(30-21(16)19)23-32-31-20-10-8-17(13-34(20)23)22(25(26,27)28)33-12-11-24(3,29)14-33/h4-10,13,15,22H,11-12,14,29H2,1-3H3/t22-,24?/m0/s1. The Morgan fingerprint density at radius 1 is 1.09 bits per heavy atom. The molecular formula is C25H27F3N6O. The lowest BCUT2D eigenvalue weighted by Gasteiger charge is -2.31. The molecule has 4 aromatic rings. The van der Waals surface area contributed by atoms with Crippen LogP contribution in [0, 0.1) is 0 Å². The summed E-state index contributed by atoms with van der Waals surface area (Å²) in [6, 6.07) is 10.6. The lowest BCUT2D eigenvalue weighted by Crippen LogP contribution is -2.43. The number of nitrogens with zero attached hydrogens (tertiary/aromatic N) is 5. The molecule has 1 aromatic carbocycles. The Hall–Kier alpha value is -3.24. The van der Waals surface area contributed by atoms with Gasteiger partial charge in [0.15, 0.2) is 11.5 Å². The van der Waals surface area contributed by atoms with Crippen molar-refractivity contribution in [1.29, 1.82) is 0 Å². The second kappa shape index (κ2) is 8.46. The summed E-state index contributed by atoms with van der Waals surface area (Å²) in [6.45, 7) is 6.08. The molecule has 0 saturated carbocycles. The highest BCUT2D eigenvalue weighted by molar-refractivity contribution is 5.86. The van der Waals surface area contributed by atoms with Crippen molar-refractivity contribution in [3.8, 4) is 17.3 Å². The average molecular weight is 485 g/mol. The lowest BCUT2D eigenvalue weighted by atomic mass is 10.0. The minimum absolute atomic E-state index is 0.0391. The van der Waals surface area contributed by atoms with Gasteiger partial charge in [-0.1, -0.05) is 24.3 Å². The summed E-state index contributed by atoms with van der Waals surface area (Å²) in [6.07, 6.45) is -2.55. The molecule has 7 nitrogen and oxygen atoms in total. The Balaban J connectivity index is 1.60. The number of rotatable bonds is 5. The van der Waals surface area contributed by atoms with Crippen molar-refractivity contribution in [3.05, 3.63) is 54.2 Å². The number of nitrogens with two attached hydrogens (primary N) is 1. The maximum Gasteiger partial charge on any atom is 0.408 e. The number of hydrogen-bond acceptors (Lipinski definition) is 6. The van der Waals surface area contributed by atoms with E-state index in [4.69, 9.17) is 15.5 Å². The molecule has 2 atom stereocenters. The van der Waals surface area contributed by atoms with Gasteiger partial charge < -0.3 is 10.5 Å². The molecule has 1 unspecified atom stereocenters. The zero-order valence-corrected chi connectivity index (χ0v) is 19.8. The molecule has 35 heavy (non-hydrogen) atoms. The van der Waals surface area contributed by atoms with Crippen LogP contribution in [0.25, 0.3) is 28.1 Å². The number of para-hydroxylation sites is 1. The number of halogens is 3. The van der Waals surface area contributed by atoms with Crippen LogP contribution in [0.15, 0.2) is 48.7 Å². The van der Waals surface area contributed by atoms with Gasteiger partial charge in [0.25, 0.3) is 0 Å². The van der Waals surface area contributed by atoms with Crippen LogP contribution < -0.4 is 10.5 Å². The first-order valence-corrected chi connectivity index (χ1v) is 11.5. The monoisotopic (exact) mass is 484 g/mol. The fourth-order valence-corrected chi connectivity index (χ4v) is 4.69. The van der Waals surface area contributed by atoms with Crippen molar-refractivity contribution in [2.24, 2.45) is 5.73 Å². The van der Waals surface area contributed by atoms with Gasteiger partial charge in [0.1, 0.15) is 23.0 Å². The highest BCUT2D eigenvalue weighted by Gasteiger charge is 2.48. The maximum atomic E-state index is 14.2. The molecule has 1 aliphatic heterocycles. The molecule has 10 heteroatoms. The summed E-state index contributed by atoms with van der Waals surface area (Å²) in [4.78, 5) is 6.14. The maximum absolute atomic E-state index is 14.2. The Bertz CT molecular complexity index is 1380. The van der Waals surface area contributed by atoms with Gasteiger partial charge in [0.05, 0.1) is 6.10 Å². The number of aromatic nitrogens is 4. The normalized spacial score (nSPS) is 20.2. The van der Waals surface area contributed by atoms with Crippen molar-refractivity contribution in [3.63, 3.8) is 0 Å². The SMILES string of the molecule is CC(C)Oc1cccc2ccc(-c3nnc4ccc([C@H](N5CCC(C)(N)C5)C(F)(F)F)cn34)nc12. The summed E-state index contributed by atoms with van der Waals surface area (Å²) < 4.78 is 50.2. The number of likely N-dealkylation sites (tertiary alicyclic amines) is 1. The van der Waals surface area contributed by atoms with E-state index in [1.54, 1.807) is 23.5 Å². The van der Waals surface area contributed by atoms with E-state index in [0.717, 1.165) is 5.39 Å². The van der Waals surface area contributed by atoms with Gasteiger partial charge in [0.2, 0.25) is 0 Å². The molecule has 4 heterocycles. The molecule has 1 saturated heterocycles. The molecule has 0 spiro atoms. The Morgan fingerprint density at radius 2 is 1.89 bits per heavy atom. The molecule has 5 rings (SSSR count). The minimum Gasteiger partial charge on any atom is -0.489 e. The van der Waals surface area contributed by atoms with Gasteiger partial charge in [0, 0.05) is 30.2 Å². The summed E-state index contributed by atoms with van der Waals surface area (Å²) in [5.41, 5.74) is 7.16. The van der Waals surface area contributed by atoms with Crippen LogP contribution in [0.3, 0.4) is 0 Å². The van der Waals surface area contributed by atoms with Gasteiger partial charge in [-0.25, -0.2) is 4.98 Å². The van der Waals surface area contributed by atoms with E-state index in [-0.39, 0.29) is 24.8 Å². The van der Waals surface area contributed by atoms with E-state index in [2.05, 4.69) is 10.2 Å². The summed E-state index contributed by atoms with van der Waals surface area (Å²) in [5, 5.41) is 9.28. The topological polar surface area (TPSA) is 81.6 Å². The van der Waals surface area contributed by atoms with Gasteiger partial charge in [-0.2, -0.15) is 13.2 Å². The molecule has 0 aliphatic carbocycles. The largest absolute Gasteiger partial charge is 0.489 e. The Labute approximate surface area is 200 Å². The molecule has 2 N–H and O–H groups in total. The van der Waals surface area contributed by atoms with Gasteiger partial charge in [-0.05, 0) is 51.0 Å². The smallest absolute Gasteiger partial charge is 0.408 e. The van der Waals surface area contributed by atoms with Crippen LogP contribution in [-0.2, 0) is 0 Å². The number of hydrogen-bond donors (Lipinski definition) is 1. The third-order valence-corrected chi connectivity index (χ3v) is 6.23. The molecular weight excluding hydrogens is 457 g/mol. The van der Waals surface area contributed by atoms with Crippen LogP contribution in [0.4, 0.5) is 13.2 Å². The third kappa shape index (κ3) is 4.55. The molecule has 1 fully saturated rings. The van der Waals surface area contributed by atoms with E-state index in [1.165, 1.54) is 17.2 Å². The van der Waals surface area contributed by atoms with Crippen molar-refractivity contribution in [2.45, 2.75) is 51.1 Å². The number of benzene rings is 1. The third-order valence-electron chi connectivity index (χ3n) is 6.23. The number of fused-ring (bicyclic) bond motifs is 2. The van der Waals surface area contributed by atoms with Crippen LogP contribution in [0.5, 0.6) is 5.75 Å². The quantitative estimate of drug-likeness (QED) is 0.440. The summed E-state index contributed by atoms with van der Waals surface area (Å²) in [5.74, 6) is 0.985. The van der Waals surface area contributed by atoms with E-state index in [0.29, 0.717) is 34.9 Å². The number of pyridine rings is 2. The fraction of sp³-hybridized carbons (Fsp3) is 0.400. The summed E-state index contributed by atoms with van der Waals surface area (Å²) in [7, 11) is 0. The van der Waals surface area contributed by atoms with Crippen LogP contribution >= 0.6 is 0 Å². The zero-order chi connectivity index (χ0) is 25.0. The summed E-state index contributed by atoms with van der Waals surface area (Å²) >= 11 is 0. The first-order chi connectivity index (χ1) is 16.5. The van der Waals surface area contributed by atoms with E-state index in [9.17, 15) is 13.2 Å². The van der Waals surface area contributed by atoms with Crippen molar-refractivity contribution in [1.82, 2.24) is 24.5 Å².